The molecule has 1 heterocycles. The van der Waals surface area contributed by atoms with E-state index in [1.165, 1.54) is 28.7 Å². The predicted octanol–water partition coefficient (Wildman–Crippen LogP) is 7.39. The SMILES string of the molecule is CC(C)=CCC/C(C)=C/CC1CCCCN(C/C=C(\C)CCC=C(C)C)C1=O. The summed E-state index contributed by atoms with van der Waals surface area (Å²) < 4.78 is 0. The first kappa shape index (κ1) is 24.5. The molecule has 1 rings (SSSR count). The van der Waals surface area contributed by atoms with Crippen molar-refractivity contribution in [2.45, 2.75) is 92.9 Å². The molecule has 0 N–H and O–H groups in total. The molecule has 1 aliphatic rings. The van der Waals surface area contributed by atoms with E-state index in [1.807, 2.05) is 0 Å². The lowest BCUT2D eigenvalue weighted by Crippen LogP contribution is -2.35. The summed E-state index contributed by atoms with van der Waals surface area (Å²) in [5, 5.41) is 0. The number of hydrogen-bond acceptors (Lipinski definition) is 1. The quantitative estimate of drug-likeness (QED) is 0.359. The first-order chi connectivity index (χ1) is 13.3. The fourth-order valence-corrected chi connectivity index (χ4v) is 3.58. The molecule has 28 heavy (non-hydrogen) atoms. The van der Waals surface area contributed by atoms with Crippen LogP contribution < -0.4 is 0 Å². The Bertz CT molecular complexity index is 546. The maximum Gasteiger partial charge on any atom is 0.226 e. The van der Waals surface area contributed by atoms with Gasteiger partial charge in [0, 0.05) is 19.0 Å². The second kappa shape index (κ2) is 13.6. The Labute approximate surface area is 174 Å². The fourth-order valence-electron chi connectivity index (χ4n) is 3.58. The van der Waals surface area contributed by atoms with Gasteiger partial charge in [0.15, 0.2) is 0 Å². The molecule has 0 aromatic rings. The molecular formula is C26H43NO. The number of amides is 1. The van der Waals surface area contributed by atoms with Crippen molar-refractivity contribution in [3.05, 3.63) is 46.6 Å². The first-order valence-electron chi connectivity index (χ1n) is 11.2. The second-order valence-electron chi connectivity index (χ2n) is 8.95. The van der Waals surface area contributed by atoms with Gasteiger partial charge in [-0.25, -0.2) is 0 Å². The Hall–Kier alpha value is -1.57. The van der Waals surface area contributed by atoms with Crippen molar-refractivity contribution in [2.24, 2.45) is 5.92 Å². The number of rotatable bonds is 10. The standard InChI is InChI=1S/C26H43NO/c1-21(2)11-9-13-23(5)16-17-25-15-7-8-19-27(26(25)28)20-18-24(6)14-10-12-22(3)4/h11-12,16,18,25H,7-10,13-15,17,19-20H2,1-6H3/b23-16+,24-18+. The Kier molecular flexibility index (Phi) is 11.9. The van der Waals surface area contributed by atoms with Gasteiger partial charge < -0.3 is 4.90 Å². The third kappa shape index (κ3) is 10.7. The lowest BCUT2D eigenvalue weighted by atomic mass is 9.96. The summed E-state index contributed by atoms with van der Waals surface area (Å²) in [6.07, 6.45) is 17.8. The number of carbonyl (C=O) groups excluding carboxylic acids is 1. The zero-order valence-corrected chi connectivity index (χ0v) is 19.3. The van der Waals surface area contributed by atoms with E-state index in [9.17, 15) is 4.79 Å². The summed E-state index contributed by atoms with van der Waals surface area (Å²) in [6, 6.07) is 0. The van der Waals surface area contributed by atoms with Crippen LogP contribution in [0.3, 0.4) is 0 Å². The van der Waals surface area contributed by atoms with Gasteiger partial charge in [-0.2, -0.15) is 0 Å². The number of hydrogen-bond donors (Lipinski definition) is 0. The van der Waals surface area contributed by atoms with Crippen LogP contribution in [-0.2, 0) is 4.79 Å². The summed E-state index contributed by atoms with van der Waals surface area (Å²) in [7, 11) is 0. The third-order valence-corrected chi connectivity index (χ3v) is 5.49. The summed E-state index contributed by atoms with van der Waals surface area (Å²) in [4.78, 5) is 15.1. The van der Waals surface area contributed by atoms with Crippen molar-refractivity contribution < 1.29 is 4.79 Å². The minimum absolute atomic E-state index is 0.167. The van der Waals surface area contributed by atoms with E-state index in [4.69, 9.17) is 0 Å². The van der Waals surface area contributed by atoms with E-state index < -0.39 is 0 Å². The number of allylic oxidation sites excluding steroid dienone is 7. The minimum Gasteiger partial charge on any atom is -0.339 e. The molecule has 1 atom stereocenters. The highest BCUT2D eigenvalue weighted by Gasteiger charge is 2.25. The molecule has 158 valence electrons. The molecule has 0 bridgehead atoms. The summed E-state index contributed by atoms with van der Waals surface area (Å²) in [6.45, 7) is 14.7. The number of nitrogens with zero attached hydrogens (tertiary/aromatic N) is 1. The monoisotopic (exact) mass is 385 g/mol. The summed E-state index contributed by atoms with van der Waals surface area (Å²) in [5.74, 6) is 0.527. The van der Waals surface area contributed by atoms with Gasteiger partial charge in [-0.1, -0.05) is 53.0 Å². The van der Waals surface area contributed by atoms with Gasteiger partial charge in [0.25, 0.3) is 0 Å². The van der Waals surface area contributed by atoms with Gasteiger partial charge in [-0.05, 0) is 86.5 Å². The Morgan fingerprint density at radius 1 is 0.857 bits per heavy atom. The molecule has 1 amide bonds. The lowest BCUT2D eigenvalue weighted by Gasteiger charge is -2.23. The van der Waals surface area contributed by atoms with E-state index in [2.05, 4.69) is 70.7 Å². The van der Waals surface area contributed by atoms with Crippen LogP contribution in [0.5, 0.6) is 0 Å². The van der Waals surface area contributed by atoms with Crippen LogP contribution in [0.1, 0.15) is 92.9 Å². The molecular weight excluding hydrogens is 342 g/mol. The van der Waals surface area contributed by atoms with Crippen LogP contribution in [0.15, 0.2) is 46.6 Å². The van der Waals surface area contributed by atoms with Gasteiger partial charge in [-0.15, -0.1) is 0 Å². The molecule has 0 aromatic carbocycles. The van der Waals surface area contributed by atoms with Crippen molar-refractivity contribution in [2.75, 3.05) is 13.1 Å². The molecule has 2 heteroatoms. The van der Waals surface area contributed by atoms with Gasteiger partial charge in [0.2, 0.25) is 5.91 Å². The maximum absolute atomic E-state index is 13.0. The van der Waals surface area contributed by atoms with Crippen LogP contribution in [0.2, 0.25) is 0 Å². The Morgan fingerprint density at radius 3 is 2.00 bits per heavy atom. The minimum atomic E-state index is 0.167. The Balaban J connectivity index is 2.57. The van der Waals surface area contributed by atoms with Gasteiger partial charge in [0.1, 0.15) is 0 Å². The van der Waals surface area contributed by atoms with Gasteiger partial charge in [0.05, 0.1) is 0 Å². The molecule has 0 aliphatic carbocycles. The van der Waals surface area contributed by atoms with Crippen molar-refractivity contribution in [1.29, 1.82) is 0 Å². The predicted molar refractivity (Wildman–Crippen MR) is 123 cm³/mol. The lowest BCUT2D eigenvalue weighted by molar-refractivity contribution is -0.134. The van der Waals surface area contributed by atoms with Crippen LogP contribution >= 0.6 is 0 Å². The van der Waals surface area contributed by atoms with E-state index >= 15 is 0 Å². The molecule has 1 saturated heterocycles. The third-order valence-electron chi connectivity index (χ3n) is 5.49. The fraction of sp³-hybridized carbons (Fsp3) is 0.654. The van der Waals surface area contributed by atoms with E-state index in [0.717, 1.165) is 58.0 Å². The zero-order valence-electron chi connectivity index (χ0n) is 19.3. The number of carbonyl (C=O) groups is 1. The van der Waals surface area contributed by atoms with Crippen LogP contribution in [-0.4, -0.2) is 23.9 Å². The summed E-state index contributed by atoms with van der Waals surface area (Å²) in [5.41, 5.74) is 5.56. The first-order valence-corrected chi connectivity index (χ1v) is 11.2. The molecule has 1 fully saturated rings. The largest absolute Gasteiger partial charge is 0.339 e. The maximum atomic E-state index is 13.0. The number of likely N-dealkylation sites (tertiary alicyclic amines) is 1. The topological polar surface area (TPSA) is 20.3 Å². The Morgan fingerprint density at radius 2 is 1.43 bits per heavy atom. The zero-order chi connectivity index (χ0) is 20.9. The average molecular weight is 386 g/mol. The van der Waals surface area contributed by atoms with Crippen molar-refractivity contribution in [1.82, 2.24) is 4.90 Å². The smallest absolute Gasteiger partial charge is 0.226 e. The second-order valence-corrected chi connectivity index (χ2v) is 8.95. The highest BCUT2D eigenvalue weighted by atomic mass is 16.2. The van der Waals surface area contributed by atoms with Crippen LogP contribution in [0.4, 0.5) is 0 Å². The van der Waals surface area contributed by atoms with E-state index in [0.29, 0.717) is 5.91 Å². The molecule has 1 unspecified atom stereocenters. The molecule has 0 aromatic heterocycles. The van der Waals surface area contributed by atoms with Crippen LogP contribution in [0, 0.1) is 5.92 Å². The van der Waals surface area contributed by atoms with Crippen molar-refractivity contribution in [3.63, 3.8) is 0 Å². The molecule has 0 saturated carbocycles. The molecule has 0 spiro atoms. The average Bonchev–Trinajstić information content (AvgIpc) is 2.79. The van der Waals surface area contributed by atoms with E-state index in [-0.39, 0.29) is 5.92 Å². The molecule has 1 aliphatic heterocycles. The van der Waals surface area contributed by atoms with E-state index in [1.54, 1.807) is 0 Å². The highest BCUT2D eigenvalue weighted by molar-refractivity contribution is 5.79. The van der Waals surface area contributed by atoms with Gasteiger partial charge >= 0.3 is 0 Å². The van der Waals surface area contributed by atoms with Crippen molar-refractivity contribution in [3.8, 4) is 0 Å². The van der Waals surface area contributed by atoms with Crippen molar-refractivity contribution >= 4 is 5.91 Å². The molecule has 0 radical (unpaired) electrons. The molecule has 2 nitrogen and oxygen atoms in total. The van der Waals surface area contributed by atoms with Crippen LogP contribution in [0.25, 0.3) is 0 Å². The summed E-state index contributed by atoms with van der Waals surface area (Å²) >= 11 is 0. The highest BCUT2D eigenvalue weighted by Crippen LogP contribution is 2.23. The normalized spacial score (nSPS) is 18.7. The van der Waals surface area contributed by atoms with Gasteiger partial charge in [-0.3, -0.25) is 4.79 Å².